The summed E-state index contributed by atoms with van der Waals surface area (Å²) in [7, 11) is 1.93. The topological polar surface area (TPSA) is 32.3 Å². The number of benzene rings is 1. The number of carbonyl (C=O) groups excluding carboxylic acids is 1. The summed E-state index contributed by atoms with van der Waals surface area (Å²) >= 11 is 0. The molecule has 116 valence electrons. The van der Waals surface area contributed by atoms with Crippen LogP contribution in [0.5, 0.6) is 0 Å². The van der Waals surface area contributed by atoms with Gasteiger partial charge in [0, 0.05) is 24.1 Å². The normalized spacial score (nSPS) is 18.6. The maximum absolute atomic E-state index is 12.5. The van der Waals surface area contributed by atoms with Crippen molar-refractivity contribution in [3.63, 3.8) is 0 Å². The third-order valence-electron chi connectivity index (χ3n) is 4.91. The molecule has 3 rings (SSSR count). The first-order valence-electron chi connectivity index (χ1n) is 7.81. The van der Waals surface area contributed by atoms with Gasteiger partial charge >= 0.3 is 0 Å². The molecule has 4 heteroatoms. The van der Waals surface area contributed by atoms with E-state index in [4.69, 9.17) is 0 Å². The van der Waals surface area contributed by atoms with E-state index in [9.17, 15) is 4.79 Å². The van der Waals surface area contributed by atoms with Crippen molar-refractivity contribution in [2.75, 3.05) is 25.0 Å². The molecular formula is C17H25ClN2O. The van der Waals surface area contributed by atoms with Crippen molar-refractivity contribution in [3.05, 3.63) is 29.8 Å². The first-order chi connectivity index (χ1) is 9.77. The van der Waals surface area contributed by atoms with E-state index in [0.29, 0.717) is 6.42 Å². The minimum absolute atomic E-state index is 0. The van der Waals surface area contributed by atoms with E-state index < -0.39 is 0 Å². The first kappa shape index (κ1) is 16.3. The molecule has 1 aromatic carbocycles. The van der Waals surface area contributed by atoms with E-state index in [1.165, 1.54) is 36.9 Å². The van der Waals surface area contributed by atoms with E-state index in [2.05, 4.69) is 34.5 Å². The molecule has 0 atom stereocenters. The Kier molecular flexibility index (Phi) is 5.28. The molecule has 1 N–H and O–H groups in total. The molecule has 0 unspecified atom stereocenters. The van der Waals surface area contributed by atoms with Gasteiger partial charge in [-0.1, -0.05) is 31.0 Å². The van der Waals surface area contributed by atoms with Crippen molar-refractivity contribution in [1.82, 2.24) is 5.32 Å². The van der Waals surface area contributed by atoms with Gasteiger partial charge in [-0.05, 0) is 44.5 Å². The standard InChI is InChI=1S/C17H24N2O.ClH/c1-18-12-6-9-16(20)19-13-17(10-4-5-11-17)14-7-2-3-8-15(14)19;/h2-3,7-8,18H,4-6,9-13H2,1H3;1H. The second-order valence-corrected chi connectivity index (χ2v) is 6.19. The van der Waals surface area contributed by atoms with Crippen LogP contribution in [0.2, 0.25) is 0 Å². The Morgan fingerprint density at radius 3 is 2.71 bits per heavy atom. The average molecular weight is 309 g/mol. The van der Waals surface area contributed by atoms with Crippen LogP contribution in [0.25, 0.3) is 0 Å². The Balaban J connectivity index is 0.00000161. The molecule has 0 aromatic heterocycles. The molecule has 0 radical (unpaired) electrons. The van der Waals surface area contributed by atoms with Gasteiger partial charge in [0.2, 0.25) is 5.91 Å². The minimum atomic E-state index is 0. The van der Waals surface area contributed by atoms with Crippen LogP contribution in [0.4, 0.5) is 5.69 Å². The smallest absolute Gasteiger partial charge is 0.227 e. The van der Waals surface area contributed by atoms with Crippen LogP contribution in [-0.4, -0.2) is 26.0 Å². The Labute approximate surface area is 133 Å². The highest BCUT2D eigenvalue weighted by atomic mass is 35.5. The molecule has 1 aromatic rings. The molecule has 1 heterocycles. The molecule has 1 amide bonds. The molecule has 3 nitrogen and oxygen atoms in total. The van der Waals surface area contributed by atoms with Gasteiger partial charge in [-0.25, -0.2) is 0 Å². The minimum Gasteiger partial charge on any atom is -0.320 e. The largest absolute Gasteiger partial charge is 0.320 e. The number of carbonyl (C=O) groups is 1. The summed E-state index contributed by atoms with van der Waals surface area (Å²) in [6, 6.07) is 8.54. The quantitative estimate of drug-likeness (QED) is 0.866. The van der Waals surface area contributed by atoms with Gasteiger partial charge in [-0.15, -0.1) is 12.4 Å². The number of hydrogen-bond acceptors (Lipinski definition) is 2. The van der Waals surface area contributed by atoms with E-state index in [0.717, 1.165) is 19.5 Å². The first-order valence-corrected chi connectivity index (χ1v) is 7.81. The van der Waals surface area contributed by atoms with Crippen LogP contribution >= 0.6 is 12.4 Å². The van der Waals surface area contributed by atoms with Gasteiger partial charge in [-0.2, -0.15) is 0 Å². The maximum atomic E-state index is 12.5. The Bertz CT molecular complexity index is 497. The summed E-state index contributed by atoms with van der Waals surface area (Å²) in [6.45, 7) is 1.82. The van der Waals surface area contributed by atoms with Crippen LogP contribution < -0.4 is 10.2 Å². The lowest BCUT2D eigenvalue weighted by atomic mass is 9.81. The predicted molar refractivity (Wildman–Crippen MR) is 89.3 cm³/mol. The Hall–Kier alpha value is -1.06. The molecule has 0 bridgehead atoms. The molecule has 1 saturated carbocycles. The van der Waals surface area contributed by atoms with Gasteiger partial charge < -0.3 is 10.2 Å². The van der Waals surface area contributed by atoms with E-state index >= 15 is 0 Å². The molecule has 1 spiro atoms. The molecule has 1 fully saturated rings. The zero-order valence-corrected chi connectivity index (χ0v) is 13.5. The van der Waals surface area contributed by atoms with Crippen LogP contribution in [0, 0.1) is 0 Å². The fourth-order valence-electron chi connectivity index (χ4n) is 3.88. The van der Waals surface area contributed by atoms with Crippen LogP contribution in [0.1, 0.15) is 44.1 Å². The van der Waals surface area contributed by atoms with Crippen molar-refractivity contribution in [2.24, 2.45) is 0 Å². The van der Waals surface area contributed by atoms with E-state index in [-0.39, 0.29) is 23.7 Å². The van der Waals surface area contributed by atoms with E-state index in [1.807, 2.05) is 7.05 Å². The summed E-state index contributed by atoms with van der Waals surface area (Å²) in [5, 5.41) is 3.11. The number of halogens is 1. The SMILES string of the molecule is CNCCCC(=O)N1CC2(CCCC2)c2ccccc21.Cl. The van der Waals surface area contributed by atoms with Crippen LogP contribution in [0.15, 0.2) is 24.3 Å². The second-order valence-electron chi connectivity index (χ2n) is 6.19. The lowest BCUT2D eigenvalue weighted by Gasteiger charge is -2.24. The molecule has 2 aliphatic rings. The lowest BCUT2D eigenvalue weighted by molar-refractivity contribution is -0.118. The molecule has 1 aliphatic carbocycles. The Morgan fingerprint density at radius 2 is 2.00 bits per heavy atom. The summed E-state index contributed by atoms with van der Waals surface area (Å²) in [6.07, 6.45) is 6.65. The summed E-state index contributed by atoms with van der Waals surface area (Å²) in [4.78, 5) is 14.6. The molecule has 0 saturated heterocycles. The van der Waals surface area contributed by atoms with Crippen molar-refractivity contribution in [3.8, 4) is 0 Å². The highest BCUT2D eigenvalue weighted by Gasteiger charge is 2.45. The highest BCUT2D eigenvalue weighted by Crippen LogP contribution is 2.50. The van der Waals surface area contributed by atoms with Crippen LogP contribution in [-0.2, 0) is 10.2 Å². The fraction of sp³-hybridized carbons (Fsp3) is 0.588. The fourth-order valence-corrected chi connectivity index (χ4v) is 3.88. The summed E-state index contributed by atoms with van der Waals surface area (Å²) in [5.41, 5.74) is 2.85. The molecular weight excluding hydrogens is 284 g/mol. The second kappa shape index (κ2) is 6.80. The number of amides is 1. The van der Waals surface area contributed by atoms with Crippen molar-refractivity contribution >= 4 is 24.0 Å². The zero-order chi connectivity index (χ0) is 14.0. The van der Waals surface area contributed by atoms with Crippen molar-refractivity contribution in [2.45, 2.75) is 43.9 Å². The number of fused-ring (bicyclic) bond motifs is 2. The van der Waals surface area contributed by atoms with Gasteiger partial charge in [0.05, 0.1) is 0 Å². The third-order valence-corrected chi connectivity index (χ3v) is 4.91. The highest BCUT2D eigenvalue weighted by molar-refractivity contribution is 5.96. The van der Waals surface area contributed by atoms with Crippen molar-refractivity contribution < 1.29 is 4.79 Å². The number of nitrogens with zero attached hydrogens (tertiary/aromatic N) is 1. The number of anilines is 1. The molecule has 1 aliphatic heterocycles. The average Bonchev–Trinajstić information content (AvgIpc) is 3.07. The summed E-state index contributed by atoms with van der Waals surface area (Å²) < 4.78 is 0. The lowest BCUT2D eigenvalue weighted by Crippen LogP contribution is -2.35. The van der Waals surface area contributed by atoms with Gasteiger partial charge in [0.15, 0.2) is 0 Å². The monoisotopic (exact) mass is 308 g/mol. The van der Waals surface area contributed by atoms with Crippen LogP contribution in [0.3, 0.4) is 0 Å². The number of hydrogen-bond donors (Lipinski definition) is 1. The number of para-hydroxylation sites is 1. The third kappa shape index (κ3) is 2.95. The van der Waals surface area contributed by atoms with Gasteiger partial charge in [0.1, 0.15) is 0 Å². The molecule has 21 heavy (non-hydrogen) atoms. The predicted octanol–water partition coefficient (Wildman–Crippen LogP) is 3.27. The number of nitrogens with one attached hydrogen (secondary N) is 1. The Morgan fingerprint density at radius 1 is 1.29 bits per heavy atom. The van der Waals surface area contributed by atoms with E-state index in [1.54, 1.807) is 0 Å². The zero-order valence-electron chi connectivity index (χ0n) is 12.7. The summed E-state index contributed by atoms with van der Waals surface area (Å²) in [5.74, 6) is 0.288. The maximum Gasteiger partial charge on any atom is 0.227 e. The van der Waals surface area contributed by atoms with Crippen molar-refractivity contribution in [1.29, 1.82) is 0 Å². The number of rotatable bonds is 4. The van der Waals surface area contributed by atoms with Gasteiger partial charge in [0.25, 0.3) is 0 Å². The van der Waals surface area contributed by atoms with Gasteiger partial charge in [-0.3, -0.25) is 4.79 Å².